The van der Waals surface area contributed by atoms with E-state index in [2.05, 4.69) is 26.6 Å². The molecule has 2 N–H and O–H groups in total. The number of benzene rings is 1. The minimum Gasteiger partial charge on any atom is -0.379 e. The summed E-state index contributed by atoms with van der Waals surface area (Å²) < 4.78 is 5.38. The molecule has 2 aliphatic rings. The lowest BCUT2D eigenvalue weighted by Crippen LogP contribution is -2.42. The number of halogens is 1. The summed E-state index contributed by atoms with van der Waals surface area (Å²) in [6.45, 7) is 9.33. The van der Waals surface area contributed by atoms with Crippen molar-refractivity contribution in [2.24, 2.45) is 4.99 Å². The summed E-state index contributed by atoms with van der Waals surface area (Å²) in [5.41, 5.74) is 2.29. The lowest BCUT2D eigenvalue weighted by molar-refractivity contribution is -0.117. The van der Waals surface area contributed by atoms with Gasteiger partial charge in [-0.25, -0.2) is 4.99 Å². The molecule has 1 aromatic rings. The van der Waals surface area contributed by atoms with Gasteiger partial charge in [-0.05, 0) is 44.4 Å². The lowest BCUT2D eigenvalue weighted by atomic mass is 10.0. The zero-order valence-electron chi connectivity index (χ0n) is 17.4. The van der Waals surface area contributed by atoms with Crippen molar-refractivity contribution < 1.29 is 9.53 Å². The fourth-order valence-electron chi connectivity index (χ4n) is 3.70. The smallest absolute Gasteiger partial charge is 0.248 e. The number of morpholine rings is 1. The van der Waals surface area contributed by atoms with Gasteiger partial charge >= 0.3 is 0 Å². The molecule has 0 bridgehead atoms. The molecule has 1 amide bonds. The van der Waals surface area contributed by atoms with E-state index in [4.69, 9.17) is 4.74 Å². The van der Waals surface area contributed by atoms with Gasteiger partial charge in [0.25, 0.3) is 0 Å². The van der Waals surface area contributed by atoms with E-state index in [1.165, 1.54) is 5.56 Å². The molecule has 1 saturated heterocycles. The van der Waals surface area contributed by atoms with Crippen molar-refractivity contribution in [1.82, 2.24) is 15.5 Å². The van der Waals surface area contributed by atoms with Gasteiger partial charge in [0.1, 0.15) is 6.54 Å². The zero-order chi connectivity index (χ0) is 19.6. The van der Waals surface area contributed by atoms with Crippen LogP contribution in [0.25, 0.3) is 0 Å². The summed E-state index contributed by atoms with van der Waals surface area (Å²) in [4.78, 5) is 21.6. The third-order valence-corrected chi connectivity index (χ3v) is 5.18. The Balaban J connectivity index is 0.00000300. The first-order chi connectivity index (χ1) is 13.8. The van der Waals surface area contributed by atoms with Crippen LogP contribution in [0, 0.1) is 0 Å². The molecule has 0 aromatic heterocycles. The van der Waals surface area contributed by atoms with Gasteiger partial charge in [-0.1, -0.05) is 18.2 Å². The summed E-state index contributed by atoms with van der Waals surface area (Å²) in [6, 6.07) is 8.17. The second-order valence-electron chi connectivity index (χ2n) is 7.21. The number of carbonyl (C=O) groups excluding carboxylic acids is 1. The molecule has 0 aliphatic carbocycles. The number of anilines is 1. The lowest BCUT2D eigenvalue weighted by Gasteiger charge is -2.29. The van der Waals surface area contributed by atoms with Gasteiger partial charge in [-0.2, -0.15) is 0 Å². The standard InChI is InChI=1S/C21H33N5O2.HI/c1-2-22-21(23-10-6-11-25-13-15-28-16-14-25)24-17-20(27)26-12-5-8-18-7-3-4-9-19(18)26;/h3-4,7,9H,2,5-6,8,10-17H2,1H3,(H2,22,23,24);1H. The molecular weight excluding hydrogens is 481 g/mol. The van der Waals surface area contributed by atoms with Gasteiger partial charge in [0.05, 0.1) is 13.2 Å². The van der Waals surface area contributed by atoms with Gasteiger partial charge in [0.2, 0.25) is 5.91 Å². The molecule has 3 rings (SSSR count). The molecule has 162 valence electrons. The Morgan fingerprint density at radius 1 is 1.17 bits per heavy atom. The third kappa shape index (κ3) is 7.42. The Hall–Kier alpha value is -1.39. The van der Waals surface area contributed by atoms with Crippen molar-refractivity contribution >= 4 is 41.5 Å². The highest BCUT2D eigenvalue weighted by Gasteiger charge is 2.21. The molecule has 29 heavy (non-hydrogen) atoms. The molecule has 0 saturated carbocycles. The Kier molecular flexibility index (Phi) is 10.7. The minimum atomic E-state index is 0. The summed E-state index contributed by atoms with van der Waals surface area (Å²) in [5, 5.41) is 6.58. The summed E-state index contributed by atoms with van der Waals surface area (Å²) in [7, 11) is 0. The van der Waals surface area contributed by atoms with Crippen molar-refractivity contribution in [3.63, 3.8) is 0 Å². The largest absolute Gasteiger partial charge is 0.379 e. The van der Waals surface area contributed by atoms with Crippen molar-refractivity contribution in [3.8, 4) is 0 Å². The van der Waals surface area contributed by atoms with Crippen LogP contribution in [0.2, 0.25) is 0 Å². The quantitative estimate of drug-likeness (QED) is 0.251. The average Bonchev–Trinajstić information content (AvgIpc) is 2.75. The number of ether oxygens (including phenoxy) is 1. The molecule has 2 heterocycles. The molecule has 1 fully saturated rings. The second-order valence-corrected chi connectivity index (χ2v) is 7.21. The van der Waals surface area contributed by atoms with Crippen LogP contribution in [0.5, 0.6) is 0 Å². The molecule has 8 heteroatoms. The van der Waals surface area contributed by atoms with E-state index >= 15 is 0 Å². The SMILES string of the molecule is CCNC(=NCC(=O)N1CCCc2ccccc21)NCCCN1CCOCC1.I. The Bertz CT molecular complexity index is 664. The van der Waals surface area contributed by atoms with Gasteiger partial charge in [-0.3, -0.25) is 9.69 Å². The second kappa shape index (κ2) is 13.0. The van der Waals surface area contributed by atoms with Gasteiger partial charge in [-0.15, -0.1) is 24.0 Å². The van der Waals surface area contributed by atoms with E-state index in [9.17, 15) is 4.79 Å². The molecule has 7 nitrogen and oxygen atoms in total. The Morgan fingerprint density at radius 2 is 1.97 bits per heavy atom. The van der Waals surface area contributed by atoms with Gasteiger partial charge in [0.15, 0.2) is 5.96 Å². The Labute approximate surface area is 191 Å². The summed E-state index contributed by atoms with van der Waals surface area (Å²) >= 11 is 0. The maximum Gasteiger partial charge on any atom is 0.248 e. The molecule has 0 radical (unpaired) electrons. The first-order valence-corrected chi connectivity index (χ1v) is 10.5. The number of guanidine groups is 1. The van der Waals surface area contributed by atoms with Gasteiger partial charge < -0.3 is 20.3 Å². The number of para-hydroxylation sites is 1. The van der Waals surface area contributed by atoms with Crippen LogP contribution in [-0.4, -0.2) is 75.8 Å². The molecule has 1 aromatic carbocycles. The maximum atomic E-state index is 12.8. The van der Waals surface area contributed by atoms with Gasteiger partial charge in [0, 0.05) is 38.4 Å². The number of nitrogens with zero attached hydrogens (tertiary/aromatic N) is 3. The number of amides is 1. The van der Waals surface area contributed by atoms with E-state index in [0.717, 1.165) is 77.4 Å². The third-order valence-electron chi connectivity index (χ3n) is 5.18. The van der Waals surface area contributed by atoms with Crippen LogP contribution in [0.4, 0.5) is 5.69 Å². The topological polar surface area (TPSA) is 69.2 Å². The number of hydrogen-bond donors (Lipinski definition) is 2. The fraction of sp³-hybridized carbons (Fsp3) is 0.619. The maximum absolute atomic E-state index is 12.8. The number of rotatable bonds is 7. The van der Waals surface area contributed by atoms with E-state index in [1.807, 2.05) is 30.0 Å². The van der Waals surface area contributed by atoms with Crippen molar-refractivity contribution in [2.75, 3.05) is 63.9 Å². The highest BCUT2D eigenvalue weighted by molar-refractivity contribution is 14.0. The number of nitrogens with one attached hydrogen (secondary N) is 2. The number of aryl methyl sites for hydroxylation is 1. The average molecular weight is 515 g/mol. The van der Waals surface area contributed by atoms with Crippen molar-refractivity contribution in [2.45, 2.75) is 26.2 Å². The van der Waals surface area contributed by atoms with E-state index in [0.29, 0.717) is 5.96 Å². The van der Waals surface area contributed by atoms with Crippen LogP contribution >= 0.6 is 24.0 Å². The number of fused-ring (bicyclic) bond motifs is 1. The Morgan fingerprint density at radius 3 is 2.76 bits per heavy atom. The number of carbonyl (C=O) groups is 1. The predicted octanol–water partition coefficient (Wildman–Crippen LogP) is 1.86. The van der Waals surface area contributed by atoms with Crippen LogP contribution in [0.15, 0.2) is 29.3 Å². The molecule has 0 atom stereocenters. The number of aliphatic imine (C=N–C) groups is 1. The van der Waals surface area contributed by atoms with Crippen LogP contribution < -0.4 is 15.5 Å². The van der Waals surface area contributed by atoms with E-state index in [1.54, 1.807) is 0 Å². The highest BCUT2D eigenvalue weighted by atomic mass is 127. The minimum absolute atomic E-state index is 0. The van der Waals surface area contributed by atoms with Crippen molar-refractivity contribution in [1.29, 1.82) is 0 Å². The summed E-state index contributed by atoms with van der Waals surface area (Å²) in [5.74, 6) is 0.765. The number of hydrogen-bond acceptors (Lipinski definition) is 4. The molecular formula is C21H34IN5O2. The molecule has 2 aliphatic heterocycles. The van der Waals surface area contributed by atoms with Crippen LogP contribution in [0.3, 0.4) is 0 Å². The normalized spacial score (nSPS) is 17.3. The monoisotopic (exact) mass is 515 g/mol. The first-order valence-electron chi connectivity index (χ1n) is 10.5. The fourth-order valence-corrected chi connectivity index (χ4v) is 3.70. The molecule has 0 spiro atoms. The van der Waals surface area contributed by atoms with Crippen LogP contribution in [0.1, 0.15) is 25.3 Å². The first kappa shape index (κ1) is 23.9. The predicted molar refractivity (Wildman–Crippen MR) is 128 cm³/mol. The summed E-state index contributed by atoms with van der Waals surface area (Å²) in [6.07, 6.45) is 3.08. The van der Waals surface area contributed by atoms with Crippen molar-refractivity contribution in [3.05, 3.63) is 29.8 Å². The molecule has 0 unspecified atom stereocenters. The van der Waals surface area contributed by atoms with Crippen LogP contribution in [-0.2, 0) is 16.0 Å². The van der Waals surface area contributed by atoms with E-state index in [-0.39, 0.29) is 36.4 Å². The zero-order valence-corrected chi connectivity index (χ0v) is 19.7. The van der Waals surface area contributed by atoms with E-state index < -0.39 is 0 Å². The highest BCUT2D eigenvalue weighted by Crippen LogP contribution is 2.26.